The van der Waals surface area contributed by atoms with Crippen molar-refractivity contribution in [2.45, 2.75) is 26.0 Å². The molecule has 128 valence electrons. The van der Waals surface area contributed by atoms with E-state index in [0.717, 1.165) is 51.4 Å². The first-order valence-corrected chi connectivity index (χ1v) is 9.43. The summed E-state index contributed by atoms with van der Waals surface area (Å²) in [5.41, 5.74) is 6.67. The van der Waals surface area contributed by atoms with E-state index < -0.39 is 6.23 Å². The Morgan fingerprint density at radius 2 is 1.88 bits per heavy atom. The summed E-state index contributed by atoms with van der Waals surface area (Å²) >= 11 is 1.57. The topological polar surface area (TPSA) is 41.5 Å². The third kappa shape index (κ3) is 2.71. The average molecular weight is 351 g/mol. The molecule has 1 aromatic heterocycles. The normalized spacial score (nSPS) is 15.2. The Bertz CT molecular complexity index is 899. The monoisotopic (exact) mass is 351 g/mol. The molecule has 3 aromatic rings. The maximum atomic E-state index is 10.3. The van der Waals surface area contributed by atoms with Gasteiger partial charge < -0.3 is 15.2 Å². The van der Waals surface area contributed by atoms with E-state index in [1.54, 1.807) is 18.4 Å². The summed E-state index contributed by atoms with van der Waals surface area (Å²) in [5.74, 6) is 0.845. The molecule has 0 saturated heterocycles. The van der Waals surface area contributed by atoms with E-state index in [9.17, 15) is 5.11 Å². The lowest BCUT2D eigenvalue weighted by Gasteiger charge is -2.27. The number of aliphatic hydroxyl groups excluding tert-OH is 1. The predicted octanol–water partition coefficient (Wildman–Crippen LogP) is 5.46. The molecule has 2 heterocycles. The minimum absolute atomic E-state index is 0.657. The van der Waals surface area contributed by atoms with Crippen molar-refractivity contribution in [1.82, 2.24) is 0 Å². The molecule has 0 amide bonds. The molecule has 0 saturated carbocycles. The summed E-state index contributed by atoms with van der Waals surface area (Å²) < 4.78 is 5.68. The molecule has 25 heavy (non-hydrogen) atoms. The number of nitrogens with one attached hydrogen (secondary N) is 1. The maximum absolute atomic E-state index is 10.3. The smallest absolute Gasteiger partial charge is 0.160 e. The van der Waals surface area contributed by atoms with Crippen LogP contribution in [0.2, 0.25) is 0 Å². The SMILES string of the molecule is CCCc1ccc(-c2c(OC)ccc3c2-c2ccsc2C(O)N3)cc1. The number of aliphatic hydroxyl groups is 1. The minimum Gasteiger partial charge on any atom is -0.496 e. The number of aryl methyl sites for hydroxylation is 1. The van der Waals surface area contributed by atoms with E-state index in [0.29, 0.717) is 0 Å². The number of methoxy groups -OCH3 is 1. The molecular weight excluding hydrogens is 330 g/mol. The standard InChI is InChI=1S/C21H21NO2S/c1-3-4-13-5-7-14(8-6-13)18-17(24-2)10-9-16-19(18)15-11-12-25-20(15)21(23)22-16/h5-12,21-23H,3-4H2,1-2H3. The van der Waals surface area contributed by atoms with Crippen LogP contribution in [-0.2, 0) is 6.42 Å². The highest BCUT2D eigenvalue weighted by atomic mass is 32.1. The summed E-state index contributed by atoms with van der Waals surface area (Å²) in [4.78, 5) is 0.949. The van der Waals surface area contributed by atoms with Gasteiger partial charge in [0.1, 0.15) is 5.75 Å². The fourth-order valence-electron chi connectivity index (χ4n) is 3.52. The molecule has 0 aliphatic carbocycles. The van der Waals surface area contributed by atoms with Crippen molar-refractivity contribution in [3.63, 3.8) is 0 Å². The molecule has 2 N–H and O–H groups in total. The lowest BCUT2D eigenvalue weighted by molar-refractivity contribution is 0.211. The zero-order valence-corrected chi connectivity index (χ0v) is 15.2. The van der Waals surface area contributed by atoms with Gasteiger partial charge in [0.2, 0.25) is 0 Å². The predicted molar refractivity (Wildman–Crippen MR) is 104 cm³/mol. The highest BCUT2D eigenvalue weighted by Gasteiger charge is 2.28. The Hall–Kier alpha value is -2.30. The highest BCUT2D eigenvalue weighted by molar-refractivity contribution is 7.10. The molecule has 1 unspecified atom stereocenters. The van der Waals surface area contributed by atoms with Crippen molar-refractivity contribution in [1.29, 1.82) is 0 Å². The first-order valence-electron chi connectivity index (χ1n) is 8.55. The maximum Gasteiger partial charge on any atom is 0.160 e. The summed E-state index contributed by atoms with van der Waals surface area (Å²) in [5, 5.41) is 15.6. The van der Waals surface area contributed by atoms with E-state index >= 15 is 0 Å². The second-order valence-electron chi connectivity index (χ2n) is 6.26. The van der Waals surface area contributed by atoms with Crippen molar-refractivity contribution in [3.05, 3.63) is 58.3 Å². The quantitative estimate of drug-likeness (QED) is 0.656. The van der Waals surface area contributed by atoms with Gasteiger partial charge in [0, 0.05) is 22.4 Å². The second kappa shape index (κ2) is 6.54. The number of rotatable bonds is 4. The van der Waals surface area contributed by atoms with Gasteiger partial charge >= 0.3 is 0 Å². The van der Waals surface area contributed by atoms with Crippen LogP contribution in [0.3, 0.4) is 0 Å². The molecule has 2 aromatic carbocycles. The number of ether oxygens (including phenoxy) is 1. The average Bonchev–Trinajstić information content (AvgIpc) is 3.12. The summed E-state index contributed by atoms with van der Waals surface area (Å²) in [7, 11) is 1.70. The van der Waals surface area contributed by atoms with Gasteiger partial charge in [-0.1, -0.05) is 37.6 Å². The van der Waals surface area contributed by atoms with Gasteiger partial charge in [0.15, 0.2) is 6.23 Å². The molecule has 0 fully saturated rings. The molecule has 0 bridgehead atoms. The van der Waals surface area contributed by atoms with E-state index in [1.807, 2.05) is 17.5 Å². The van der Waals surface area contributed by atoms with Gasteiger partial charge in [-0.15, -0.1) is 11.3 Å². The van der Waals surface area contributed by atoms with Gasteiger partial charge in [0.05, 0.1) is 12.0 Å². The van der Waals surface area contributed by atoms with Crippen molar-refractivity contribution in [2.24, 2.45) is 0 Å². The third-order valence-electron chi connectivity index (χ3n) is 4.67. The highest BCUT2D eigenvalue weighted by Crippen LogP contribution is 2.50. The number of hydrogen-bond donors (Lipinski definition) is 2. The number of fused-ring (bicyclic) bond motifs is 3. The molecular formula is C21H21NO2S. The van der Waals surface area contributed by atoms with E-state index in [2.05, 4.69) is 42.6 Å². The molecule has 0 radical (unpaired) electrons. The van der Waals surface area contributed by atoms with Crippen LogP contribution in [0.15, 0.2) is 47.8 Å². The van der Waals surface area contributed by atoms with Crippen LogP contribution in [0.25, 0.3) is 22.3 Å². The van der Waals surface area contributed by atoms with Gasteiger partial charge in [-0.25, -0.2) is 0 Å². The van der Waals surface area contributed by atoms with Crippen LogP contribution in [-0.4, -0.2) is 12.2 Å². The van der Waals surface area contributed by atoms with E-state index in [1.165, 1.54) is 5.56 Å². The first-order chi connectivity index (χ1) is 12.2. The zero-order valence-electron chi connectivity index (χ0n) is 14.4. The molecule has 4 rings (SSSR count). The first kappa shape index (κ1) is 16.2. The van der Waals surface area contributed by atoms with Crippen LogP contribution in [0, 0.1) is 0 Å². The van der Waals surface area contributed by atoms with Crippen molar-refractivity contribution in [2.75, 3.05) is 12.4 Å². The Balaban J connectivity index is 1.92. The van der Waals surface area contributed by atoms with Crippen LogP contribution in [0.4, 0.5) is 5.69 Å². The van der Waals surface area contributed by atoms with Gasteiger partial charge in [-0.3, -0.25) is 0 Å². The zero-order chi connectivity index (χ0) is 17.4. The summed E-state index contributed by atoms with van der Waals surface area (Å²) in [6.45, 7) is 2.19. The van der Waals surface area contributed by atoms with Crippen molar-refractivity contribution >= 4 is 17.0 Å². The number of hydrogen-bond acceptors (Lipinski definition) is 4. The Morgan fingerprint density at radius 1 is 1.08 bits per heavy atom. The fourth-order valence-corrected chi connectivity index (χ4v) is 4.35. The Morgan fingerprint density at radius 3 is 2.60 bits per heavy atom. The van der Waals surface area contributed by atoms with Crippen molar-refractivity contribution in [3.8, 4) is 28.0 Å². The number of thiophene rings is 1. The molecule has 3 nitrogen and oxygen atoms in total. The molecule has 1 atom stereocenters. The summed E-state index contributed by atoms with van der Waals surface area (Å²) in [6, 6.07) is 14.7. The van der Waals surface area contributed by atoms with Crippen molar-refractivity contribution < 1.29 is 9.84 Å². The van der Waals surface area contributed by atoms with Gasteiger partial charge in [-0.2, -0.15) is 0 Å². The summed E-state index contributed by atoms with van der Waals surface area (Å²) in [6.07, 6.45) is 1.58. The van der Waals surface area contributed by atoms with Gasteiger partial charge in [-0.05, 0) is 41.1 Å². The minimum atomic E-state index is -0.657. The molecule has 1 aliphatic rings. The van der Waals surface area contributed by atoms with E-state index in [4.69, 9.17) is 4.74 Å². The van der Waals surface area contributed by atoms with Gasteiger partial charge in [0.25, 0.3) is 0 Å². The fraction of sp³-hybridized carbons (Fsp3) is 0.238. The lowest BCUT2D eigenvalue weighted by Crippen LogP contribution is -2.15. The van der Waals surface area contributed by atoms with Crippen LogP contribution < -0.4 is 10.1 Å². The Kier molecular flexibility index (Phi) is 4.24. The Labute approximate surface area is 151 Å². The number of anilines is 1. The third-order valence-corrected chi connectivity index (χ3v) is 5.64. The molecule has 4 heteroatoms. The second-order valence-corrected chi connectivity index (χ2v) is 7.21. The van der Waals surface area contributed by atoms with Crippen LogP contribution >= 0.6 is 11.3 Å². The molecule has 1 aliphatic heterocycles. The largest absolute Gasteiger partial charge is 0.496 e. The molecule has 0 spiro atoms. The van der Waals surface area contributed by atoms with Crippen LogP contribution in [0.5, 0.6) is 5.75 Å². The lowest BCUT2D eigenvalue weighted by atomic mass is 9.89. The van der Waals surface area contributed by atoms with E-state index in [-0.39, 0.29) is 0 Å². The van der Waals surface area contributed by atoms with Crippen LogP contribution in [0.1, 0.15) is 30.0 Å². The number of benzene rings is 2.